The highest BCUT2D eigenvalue weighted by Crippen LogP contribution is 2.24. The SMILES string of the molecule is O=C(Cn1cccc1)N1CCC[C@@H](S(=O)(=O)c2ccc(F)cc2)C1. The molecule has 0 unspecified atom stereocenters. The average molecular weight is 350 g/mol. The van der Waals surface area contributed by atoms with Crippen LogP contribution in [0.4, 0.5) is 4.39 Å². The molecule has 2 heterocycles. The number of hydrogen-bond donors (Lipinski definition) is 0. The van der Waals surface area contributed by atoms with Crippen molar-refractivity contribution in [2.75, 3.05) is 13.1 Å². The van der Waals surface area contributed by atoms with Crippen molar-refractivity contribution >= 4 is 15.7 Å². The number of likely N-dealkylation sites (tertiary alicyclic amines) is 1. The Labute approximate surface area is 140 Å². The van der Waals surface area contributed by atoms with E-state index >= 15 is 0 Å². The molecule has 1 aliphatic rings. The molecular formula is C17H19FN2O3S. The van der Waals surface area contributed by atoms with E-state index in [4.69, 9.17) is 0 Å². The van der Waals surface area contributed by atoms with Gasteiger partial charge < -0.3 is 9.47 Å². The molecule has 7 heteroatoms. The van der Waals surface area contributed by atoms with Crippen LogP contribution in [-0.2, 0) is 21.2 Å². The molecule has 1 fully saturated rings. The van der Waals surface area contributed by atoms with Gasteiger partial charge in [0.15, 0.2) is 9.84 Å². The topological polar surface area (TPSA) is 59.4 Å². The molecule has 3 rings (SSSR count). The number of rotatable bonds is 4. The molecule has 1 aromatic carbocycles. The molecule has 0 N–H and O–H groups in total. The molecule has 0 aliphatic carbocycles. The number of halogens is 1. The monoisotopic (exact) mass is 350 g/mol. The summed E-state index contributed by atoms with van der Waals surface area (Å²) in [4.78, 5) is 14.1. The van der Waals surface area contributed by atoms with Crippen LogP contribution in [0.25, 0.3) is 0 Å². The van der Waals surface area contributed by atoms with Gasteiger partial charge in [-0.15, -0.1) is 0 Å². The molecule has 128 valence electrons. The molecule has 24 heavy (non-hydrogen) atoms. The fourth-order valence-corrected chi connectivity index (χ4v) is 4.72. The largest absolute Gasteiger partial charge is 0.345 e. The van der Waals surface area contributed by atoms with Crippen LogP contribution in [0, 0.1) is 5.82 Å². The number of piperidine rings is 1. The minimum atomic E-state index is -3.57. The number of benzene rings is 1. The maximum absolute atomic E-state index is 13.0. The molecule has 0 saturated carbocycles. The van der Waals surface area contributed by atoms with Crippen LogP contribution in [0.1, 0.15) is 12.8 Å². The predicted octanol–water partition coefficient (Wildman–Crippen LogP) is 2.09. The van der Waals surface area contributed by atoms with Gasteiger partial charge in [0.05, 0.1) is 10.1 Å². The van der Waals surface area contributed by atoms with E-state index in [9.17, 15) is 17.6 Å². The Bertz CT molecular complexity index is 801. The summed E-state index contributed by atoms with van der Waals surface area (Å²) in [6.07, 6.45) is 4.75. The zero-order valence-corrected chi connectivity index (χ0v) is 14.0. The van der Waals surface area contributed by atoms with Gasteiger partial charge in [-0.05, 0) is 49.2 Å². The number of carbonyl (C=O) groups excluding carboxylic acids is 1. The van der Waals surface area contributed by atoms with Crippen molar-refractivity contribution in [2.24, 2.45) is 0 Å². The van der Waals surface area contributed by atoms with Crippen LogP contribution in [0.5, 0.6) is 0 Å². The van der Waals surface area contributed by atoms with E-state index in [1.165, 1.54) is 12.1 Å². The molecule has 1 aromatic heterocycles. The number of aromatic nitrogens is 1. The summed E-state index contributed by atoms with van der Waals surface area (Å²) in [5.74, 6) is -0.564. The van der Waals surface area contributed by atoms with Crippen molar-refractivity contribution < 1.29 is 17.6 Å². The van der Waals surface area contributed by atoms with Crippen LogP contribution >= 0.6 is 0 Å². The number of amides is 1. The van der Waals surface area contributed by atoms with Crippen LogP contribution in [-0.4, -0.2) is 42.1 Å². The van der Waals surface area contributed by atoms with Crippen molar-refractivity contribution in [1.82, 2.24) is 9.47 Å². The third-order valence-electron chi connectivity index (χ3n) is 4.30. The van der Waals surface area contributed by atoms with E-state index in [2.05, 4.69) is 0 Å². The molecule has 0 bridgehead atoms. The van der Waals surface area contributed by atoms with E-state index in [1.54, 1.807) is 21.9 Å². The van der Waals surface area contributed by atoms with Crippen molar-refractivity contribution in [3.05, 3.63) is 54.6 Å². The van der Waals surface area contributed by atoms with Crippen molar-refractivity contribution in [2.45, 2.75) is 29.5 Å². The zero-order chi connectivity index (χ0) is 17.2. The van der Waals surface area contributed by atoms with Gasteiger partial charge in [-0.2, -0.15) is 0 Å². The van der Waals surface area contributed by atoms with Crippen LogP contribution in [0.3, 0.4) is 0 Å². The van der Waals surface area contributed by atoms with Gasteiger partial charge in [-0.3, -0.25) is 4.79 Å². The van der Waals surface area contributed by atoms with Crippen molar-refractivity contribution in [3.63, 3.8) is 0 Å². The maximum atomic E-state index is 13.0. The lowest BCUT2D eigenvalue weighted by molar-refractivity contribution is -0.132. The van der Waals surface area contributed by atoms with Gasteiger partial charge in [0, 0.05) is 25.5 Å². The second kappa shape index (κ2) is 6.76. The van der Waals surface area contributed by atoms with Crippen molar-refractivity contribution in [1.29, 1.82) is 0 Å². The van der Waals surface area contributed by atoms with Gasteiger partial charge in [-0.1, -0.05) is 0 Å². The normalized spacial score (nSPS) is 18.5. The lowest BCUT2D eigenvalue weighted by atomic mass is 10.1. The van der Waals surface area contributed by atoms with Crippen LogP contribution in [0.2, 0.25) is 0 Å². The van der Waals surface area contributed by atoms with E-state index in [0.29, 0.717) is 19.4 Å². The van der Waals surface area contributed by atoms with Crippen molar-refractivity contribution in [3.8, 4) is 0 Å². The highest BCUT2D eigenvalue weighted by molar-refractivity contribution is 7.92. The summed E-state index contributed by atoms with van der Waals surface area (Å²) in [7, 11) is -3.57. The van der Waals surface area contributed by atoms with Gasteiger partial charge in [0.2, 0.25) is 5.91 Å². The van der Waals surface area contributed by atoms with Gasteiger partial charge in [-0.25, -0.2) is 12.8 Å². The third kappa shape index (κ3) is 3.51. The summed E-state index contributed by atoms with van der Waals surface area (Å²) in [6.45, 7) is 0.950. The molecule has 2 aromatic rings. The van der Waals surface area contributed by atoms with E-state index in [1.807, 2.05) is 12.1 Å². The Balaban J connectivity index is 1.72. The molecule has 0 radical (unpaired) electrons. The maximum Gasteiger partial charge on any atom is 0.242 e. The number of carbonyl (C=O) groups is 1. The number of nitrogens with zero attached hydrogens (tertiary/aromatic N) is 2. The van der Waals surface area contributed by atoms with Gasteiger partial charge in [0.25, 0.3) is 0 Å². The lowest BCUT2D eigenvalue weighted by Gasteiger charge is -2.32. The second-order valence-electron chi connectivity index (χ2n) is 5.96. The molecule has 1 amide bonds. The Hall–Kier alpha value is -2.15. The first-order valence-corrected chi connectivity index (χ1v) is 9.39. The van der Waals surface area contributed by atoms with E-state index < -0.39 is 20.9 Å². The first-order valence-electron chi connectivity index (χ1n) is 7.85. The minimum absolute atomic E-state index is 0.0924. The van der Waals surface area contributed by atoms with Crippen LogP contribution < -0.4 is 0 Å². The highest BCUT2D eigenvalue weighted by atomic mass is 32.2. The average Bonchev–Trinajstić information content (AvgIpc) is 3.08. The Morgan fingerprint density at radius 2 is 1.83 bits per heavy atom. The quantitative estimate of drug-likeness (QED) is 0.794. The molecule has 1 saturated heterocycles. The smallest absolute Gasteiger partial charge is 0.242 e. The number of sulfone groups is 1. The van der Waals surface area contributed by atoms with Gasteiger partial charge in [0.1, 0.15) is 12.4 Å². The molecule has 1 aliphatic heterocycles. The standard InChI is InChI=1S/C17H19FN2O3S/c18-14-5-7-15(8-6-14)24(22,23)16-4-3-11-20(12-16)17(21)13-19-9-1-2-10-19/h1-2,5-10,16H,3-4,11-13H2/t16-/m1/s1. The second-order valence-corrected chi connectivity index (χ2v) is 8.19. The number of hydrogen-bond acceptors (Lipinski definition) is 3. The molecule has 1 atom stereocenters. The third-order valence-corrected chi connectivity index (χ3v) is 6.49. The summed E-state index contributed by atoms with van der Waals surface area (Å²) in [6, 6.07) is 8.53. The Kier molecular flexibility index (Phi) is 4.71. The summed E-state index contributed by atoms with van der Waals surface area (Å²) < 4.78 is 40.2. The molecular weight excluding hydrogens is 331 g/mol. The van der Waals surface area contributed by atoms with E-state index in [0.717, 1.165) is 12.1 Å². The molecule has 0 spiro atoms. The Morgan fingerprint density at radius 1 is 1.17 bits per heavy atom. The first-order chi connectivity index (χ1) is 11.5. The van der Waals surface area contributed by atoms with Crippen LogP contribution in [0.15, 0.2) is 53.7 Å². The fraction of sp³-hybridized carbons (Fsp3) is 0.353. The van der Waals surface area contributed by atoms with E-state index in [-0.39, 0.29) is 23.9 Å². The minimum Gasteiger partial charge on any atom is -0.345 e. The van der Waals surface area contributed by atoms with Gasteiger partial charge >= 0.3 is 0 Å². The summed E-state index contributed by atoms with van der Waals surface area (Å²) in [5.41, 5.74) is 0. The Morgan fingerprint density at radius 3 is 2.50 bits per heavy atom. The highest BCUT2D eigenvalue weighted by Gasteiger charge is 2.33. The first kappa shape index (κ1) is 16.7. The zero-order valence-electron chi connectivity index (χ0n) is 13.1. The predicted molar refractivity (Wildman–Crippen MR) is 87.6 cm³/mol. The summed E-state index contributed by atoms with van der Waals surface area (Å²) >= 11 is 0. The molecule has 5 nitrogen and oxygen atoms in total. The fourth-order valence-electron chi connectivity index (χ4n) is 2.97. The summed E-state index contributed by atoms with van der Waals surface area (Å²) in [5, 5.41) is -0.648. The lowest BCUT2D eigenvalue weighted by Crippen LogP contribution is -2.46.